The summed E-state index contributed by atoms with van der Waals surface area (Å²) in [6.45, 7) is 1.77. The van der Waals surface area contributed by atoms with E-state index < -0.39 is 18.1 Å². The van der Waals surface area contributed by atoms with Gasteiger partial charge in [-0.2, -0.15) is 0 Å². The normalized spacial score (nSPS) is 25.6. The molecule has 3 N–H and O–H groups in total. The summed E-state index contributed by atoms with van der Waals surface area (Å²) in [5.41, 5.74) is 6.07. The highest BCUT2D eigenvalue weighted by Gasteiger charge is 2.30. The van der Waals surface area contributed by atoms with Crippen molar-refractivity contribution in [1.29, 1.82) is 0 Å². The van der Waals surface area contributed by atoms with E-state index >= 15 is 0 Å². The largest absolute Gasteiger partial charge is 0.480 e. The van der Waals surface area contributed by atoms with Gasteiger partial charge in [-0.15, -0.1) is 0 Å². The first-order valence-corrected chi connectivity index (χ1v) is 3.29. The summed E-state index contributed by atoms with van der Waals surface area (Å²) in [5, 5.41) is 12.1. The predicted octanol–water partition coefficient (Wildman–Crippen LogP) is -0.437. The van der Waals surface area contributed by atoms with Crippen molar-refractivity contribution in [2.45, 2.75) is 25.5 Å². The third kappa shape index (κ3) is 1.68. The van der Waals surface area contributed by atoms with Crippen molar-refractivity contribution in [3.63, 3.8) is 0 Å². The minimum Gasteiger partial charge on any atom is -0.480 e. The second-order valence-electron chi connectivity index (χ2n) is 2.54. The van der Waals surface area contributed by atoms with Gasteiger partial charge in [-0.1, -0.05) is 5.16 Å². The van der Waals surface area contributed by atoms with Crippen molar-refractivity contribution >= 4 is 11.7 Å². The summed E-state index contributed by atoms with van der Waals surface area (Å²) < 4.78 is 0. The molecule has 0 bridgehead atoms. The molecule has 0 saturated carbocycles. The maximum atomic E-state index is 10.3. The molecule has 5 heteroatoms. The first kappa shape index (κ1) is 8.00. The molecular formula is C6H10N2O3. The molecule has 0 radical (unpaired) electrons. The lowest BCUT2D eigenvalue weighted by molar-refractivity contribution is -0.141. The molecule has 0 spiro atoms. The fourth-order valence-corrected chi connectivity index (χ4v) is 0.875. The van der Waals surface area contributed by atoms with E-state index in [1.54, 1.807) is 6.92 Å². The maximum absolute atomic E-state index is 10.3. The Morgan fingerprint density at radius 1 is 2.00 bits per heavy atom. The molecule has 62 valence electrons. The Bertz CT molecular complexity index is 202. The Hall–Kier alpha value is -1.10. The number of carboxylic acid groups (broad SMARTS) is 1. The molecule has 0 amide bonds. The average molecular weight is 158 g/mol. The fraction of sp³-hybridized carbons (Fsp3) is 0.667. The standard InChI is InChI=1S/C6H10N2O3/c1-3-2-4(11-8-3)5(7)6(9)10/h4-5H,2,7H2,1H3,(H,9,10)/t4-,5-/m0/s1. The van der Waals surface area contributed by atoms with Crippen LogP contribution in [-0.4, -0.2) is 28.9 Å². The van der Waals surface area contributed by atoms with Crippen LogP contribution in [0.15, 0.2) is 5.16 Å². The van der Waals surface area contributed by atoms with E-state index in [0.717, 1.165) is 5.71 Å². The monoisotopic (exact) mass is 158 g/mol. The summed E-state index contributed by atoms with van der Waals surface area (Å²) >= 11 is 0. The van der Waals surface area contributed by atoms with Crippen LogP contribution in [0.3, 0.4) is 0 Å². The van der Waals surface area contributed by atoms with E-state index in [2.05, 4.69) is 5.16 Å². The van der Waals surface area contributed by atoms with Crippen LogP contribution in [-0.2, 0) is 9.63 Å². The Morgan fingerprint density at radius 3 is 3.00 bits per heavy atom. The van der Waals surface area contributed by atoms with E-state index in [1.165, 1.54) is 0 Å². The topological polar surface area (TPSA) is 84.9 Å². The second-order valence-corrected chi connectivity index (χ2v) is 2.54. The Balaban J connectivity index is 2.47. The molecule has 1 aliphatic heterocycles. The van der Waals surface area contributed by atoms with Gasteiger partial charge in [0.25, 0.3) is 0 Å². The first-order chi connectivity index (χ1) is 5.11. The number of rotatable bonds is 2. The van der Waals surface area contributed by atoms with E-state index in [4.69, 9.17) is 15.7 Å². The Labute approximate surface area is 63.8 Å². The molecule has 0 unspecified atom stereocenters. The molecular weight excluding hydrogens is 148 g/mol. The minimum absolute atomic E-state index is 0.493. The van der Waals surface area contributed by atoms with Crippen molar-refractivity contribution in [3.05, 3.63) is 0 Å². The number of hydrogen-bond acceptors (Lipinski definition) is 4. The van der Waals surface area contributed by atoms with Gasteiger partial charge in [0.15, 0.2) is 6.10 Å². The van der Waals surface area contributed by atoms with Gasteiger partial charge in [0.2, 0.25) is 0 Å². The number of aliphatic carboxylic acids is 1. The Kier molecular flexibility index (Phi) is 2.09. The zero-order chi connectivity index (χ0) is 8.43. The van der Waals surface area contributed by atoms with Crippen LogP contribution in [0.1, 0.15) is 13.3 Å². The molecule has 11 heavy (non-hydrogen) atoms. The molecule has 0 fully saturated rings. The van der Waals surface area contributed by atoms with Gasteiger partial charge in [0.1, 0.15) is 6.04 Å². The number of oxime groups is 1. The molecule has 0 aromatic heterocycles. The smallest absolute Gasteiger partial charge is 0.324 e. The Morgan fingerprint density at radius 2 is 2.64 bits per heavy atom. The molecule has 0 saturated heterocycles. The van der Waals surface area contributed by atoms with Gasteiger partial charge >= 0.3 is 5.97 Å². The van der Waals surface area contributed by atoms with E-state index in [-0.39, 0.29) is 0 Å². The first-order valence-electron chi connectivity index (χ1n) is 3.29. The molecule has 0 aromatic carbocycles. The quantitative estimate of drug-likeness (QED) is 0.570. The molecule has 1 heterocycles. The molecule has 2 atom stereocenters. The molecule has 1 aliphatic rings. The van der Waals surface area contributed by atoms with Gasteiger partial charge in [-0.25, -0.2) is 0 Å². The fourth-order valence-electron chi connectivity index (χ4n) is 0.875. The van der Waals surface area contributed by atoms with Crippen LogP contribution in [0.2, 0.25) is 0 Å². The van der Waals surface area contributed by atoms with Crippen molar-refractivity contribution in [1.82, 2.24) is 0 Å². The summed E-state index contributed by atoms with van der Waals surface area (Å²) in [6.07, 6.45) is 0.0144. The van der Waals surface area contributed by atoms with Crippen LogP contribution in [0.25, 0.3) is 0 Å². The van der Waals surface area contributed by atoms with Crippen LogP contribution < -0.4 is 5.73 Å². The van der Waals surface area contributed by atoms with Crippen molar-refractivity contribution < 1.29 is 14.7 Å². The SMILES string of the molecule is CC1=NO[C@H]([C@H](N)C(=O)O)C1. The highest BCUT2D eigenvalue weighted by atomic mass is 16.6. The lowest BCUT2D eigenvalue weighted by Gasteiger charge is -2.11. The molecule has 5 nitrogen and oxygen atoms in total. The summed E-state index contributed by atoms with van der Waals surface area (Å²) in [4.78, 5) is 15.1. The van der Waals surface area contributed by atoms with Gasteiger partial charge < -0.3 is 15.7 Å². The number of nitrogens with zero attached hydrogens (tertiary/aromatic N) is 1. The van der Waals surface area contributed by atoms with Crippen LogP contribution in [0.5, 0.6) is 0 Å². The van der Waals surface area contributed by atoms with Crippen LogP contribution in [0, 0.1) is 0 Å². The van der Waals surface area contributed by atoms with Crippen LogP contribution in [0.4, 0.5) is 0 Å². The highest BCUT2D eigenvalue weighted by Crippen LogP contribution is 2.12. The van der Waals surface area contributed by atoms with E-state index in [1.807, 2.05) is 0 Å². The van der Waals surface area contributed by atoms with E-state index in [9.17, 15) is 4.79 Å². The number of hydrogen-bond donors (Lipinski definition) is 2. The summed E-state index contributed by atoms with van der Waals surface area (Å²) in [7, 11) is 0. The second kappa shape index (κ2) is 2.87. The maximum Gasteiger partial charge on any atom is 0.324 e. The van der Waals surface area contributed by atoms with Gasteiger partial charge in [0, 0.05) is 6.42 Å². The summed E-state index contributed by atoms with van der Waals surface area (Å²) in [6, 6.07) is -0.976. The van der Waals surface area contributed by atoms with Crippen molar-refractivity contribution in [2.75, 3.05) is 0 Å². The summed E-state index contributed by atoms with van der Waals surface area (Å²) in [5.74, 6) is -1.06. The number of carboxylic acids is 1. The lowest BCUT2D eigenvalue weighted by atomic mass is 10.1. The van der Waals surface area contributed by atoms with Crippen LogP contribution >= 0.6 is 0 Å². The third-order valence-electron chi connectivity index (χ3n) is 1.53. The van der Waals surface area contributed by atoms with E-state index in [0.29, 0.717) is 6.42 Å². The number of nitrogens with two attached hydrogens (primary N) is 1. The molecule has 0 aliphatic carbocycles. The third-order valence-corrected chi connectivity index (χ3v) is 1.53. The highest BCUT2D eigenvalue weighted by molar-refractivity contribution is 5.84. The van der Waals surface area contributed by atoms with Crippen molar-refractivity contribution in [2.24, 2.45) is 10.9 Å². The zero-order valence-corrected chi connectivity index (χ0v) is 6.15. The minimum atomic E-state index is -1.06. The lowest BCUT2D eigenvalue weighted by Crippen LogP contribution is -2.41. The van der Waals surface area contributed by atoms with Gasteiger partial charge in [0.05, 0.1) is 5.71 Å². The predicted molar refractivity (Wildman–Crippen MR) is 38.2 cm³/mol. The van der Waals surface area contributed by atoms with Gasteiger partial charge in [-0.05, 0) is 6.92 Å². The zero-order valence-electron chi connectivity index (χ0n) is 6.15. The van der Waals surface area contributed by atoms with Gasteiger partial charge in [-0.3, -0.25) is 4.79 Å². The average Bonchev–Trinajstić information content (AvgIpc) is 2.34. The molecule has 0 aromatic rings. The van der Waals surface area contributed by atoms with Crippen molar-refractivity contribution in [3.8, 4) is 0 Å². The molecule has 1 rings (SSSR count). The number of carbonyl (C=O) groups is 1.